The fourth-order valence-electron chi connectivity index (χ4n) is 6.77. The molecule has 1 fully saturated rings. The highest BCUT2D eigenvalue weighted by molar-refractivity contribution is 6.35. The number of ether oxygens (including phenoxy) is 1. The standard InChI is InChI=1S/C37H45Cl3N4O2/c1-9-46-31-23-26(35(2,3)4)22-30(40)32(31)33-41-36(5,24-10-14-27(38)15-11-24)37(6,25-12-16-28(39)17-13-25)44(33)34(45)43-20-18-29(19-21-43)42(7)8/h10-17,22-23,29H,9,18-21H2,1-8H3/t36-,37-/m0/s1. The number of carbonyl (C=O) groups excluding carboxylic acids is 1. The number of amidine groups is 1. The van der Waals surface area contributed by atoms with Crippen LogP contribution in [0.1, 0.15) is 76.6 Å². The minimum absolute atomic E-state index is 0.121. The topological polar surface area (TPSA) is 48.4 Å². The van der Waals surface area contributed by atoms with Crippen molar-refractivity contribution in [3.63, 3.8) is 0 Å². The molecule has 46 heavy (non-hydrogen) atoms. The lowest BCUT2D eigenvalue weighted by molar-refractivity contribution is 0.0911. The molecule has 3 aromatic carbocycles. The number of carbonyl (C=O) groups is 1. The largest absolute Gasteiger partial charge is 0.493 e. The molecular weight excluding hydrogens is 639 g/mol. The zero-order valence-corrected chi connectivity index (χ0v) is 30.4. The van der Waals surface area contributed by atoms with E-state index in [-0.39, 0.29) is 11.4 Å². The number of benzene rings is 3. The van der Waals surface area contributed by atoms with Crippen molar-refractivity contribution in [3.8, 4) is 5.75 Å². The third-order valence-corrected chi connectivity index (χ3v) is 10.7. The predicted octanol–water partition coefficient (Wildman–Crippen LogP) is 9.38. The first-order chi connectivity index (χ1) is 21.6. The van der Waals surface area contributed by atoms with Crippen molar-refractivity contribution >= 4 is 46.7 Å². The summed E-state index contributed by atoms with van der Waals surface area (Å²) >= 11 is 20.0. The lowest BCUT2D eigenvalue weighted by Gasteiger charge is -2.47. The van der Waals surface area contributed by atoms with Gasteiger partial charge >= 0.3 is 6.03 Å². The molecule has 5 rings (SSSR count). The minimum Gasteiger partial charge on any atom is -0.493 e. The Bertz CT molecular complexity index is 1610. The van der Waals surface area contributed by atoms with E-state index in [1.807, 2.05) is 77.4 Å². The van der Waals surface area contributed by atoms with Crippen molar-refractivity contribution in [2.24, 2.45) is 4.99 Å². The fourth-order valence-corrected chi connectivity index (χ4v) is 7.32. The van der Waals surface area contributed by atoms with Crippen molar-refractivity contribution in [1.82, 2.24) is 14.7 Å². The van der Waals surface area contributed by atoms with Crippen LogP contribution in [0.15, 0.2) is 65.7 Å². The lowest BCUT2D eigenvalue weighted by atomic mass is 9.71. The average Bonchev–Trinajstić information content (AvgIpc) is 3.24. The SMILES string of the molecule is CCOc1cc(C(C)(C)C)cc(Cl)c1C1=N[C@@](C)(c2ccc(Cl)cc2)[C@](C)(c2ccc(Cl)cc2)N1C(=O)N1CCC(N(C)C)CC1. The van der Waals surface area contributed by atoms with Crippen molar-refractivity contribution in [3.05, 3.63) is 98.0 Å². The first-order valence-electron chi connectivity index (χ1n) is 16.0. The molecule has 0 spiro atoms. The summed E-state index contributed by atoms with van der Waals surface area (Å²) in [5.41, 5.74) is 1.32. The molecule has 2 aliphatic rings. The smallest absolute Gasteiger partial charge is 0.326 e. The Morgan fingerprint density at radius 1 is 0.935 bits per heavy atom. The molecule has 0 bridgehead atoms. The van der Waals surface area contributed by atoms with Gasteiger partial charge in [-0.3, -0.25) is 9.89 Å². The van der Waals surface area contributed by atoms with E-state index in [1.165, 1.54) is 0 Å². The van der Waals surface area contributed by atoms with Gasteiger partial charge in [0, 0.05) is 29.2 Å². The van der Waals surface area contributed by atoms with Crippen molar-refractivity contribution in [2.75, 3.05) is 33.8 Å². The van der Waals surface area contributed by atoms with Gasteiger partial charge in [0.25, 0.3) is 0 Å². The maximum atomic E-state index is 15.1. The van der Waals surface area contributed by atoms with Crippen LogP contribution >= 0.6 is 34.8 Å². The number of amides is 2. The Morgan fingerprint density at radius 2 is 1.48 bits per heavy atom. The van der Waals surface area contributed by atoms with Gasteiger partial charge < -0.3 is 14.5 Å². The second-order valence-corrected chi connectivity index (χ2v) is 15.2. The number of aliphatic imine (C=N–C) groups is 1. The van der Waals surface area contributed by atoms with Gasteiger partial charge in [-0.15, -0.1) is 0 Å². The van der Waals surface area contributed by atoms with E-state index in [2.05, 4.69) is 53.6 Å². The Labute approximate surface area is 289 Å². The quantitative estimate of drug-likeness (QED) is 0.260. The van der Waals surface area contributed by atoms with Crippen LogP contribution in [0.4, 0.5) is 4.79 Å². The number of likely N-dealkylation sites (tertiary alicyclic amines) is 1. The molecule has 0 radical (unpaired) electrons. The number of urea groups is 1. The third-order valence-electron chi connectivity index (χ3n) is 9.85. The molecule has 3 aromatic rings. The molecule has 2 amide bonds. The van der Waals surface area contributed by atoms with Gasteiger partial charge in [-0.2, -0.15) is 0 Å². The van der Waals surface area contributed by atoms with E-state index in [1.54, 1.807) is 0 Å². The number of nitrogens with zero attached hydrogens (tertiary/aromatic N) is 4. The lowest BCUT2D eigenvalue weighted by Crippen LogP contribution is -2.59. The van der Waals surface area contributed by atoms with Crippen LogP contribution in [0.3, 0.4) is 0 Å². The molecule has 0 N–H and O–H groups in total. The first-order valence-corrected chi connectivity index (χ1v) is 17.1. The Morgan fingerprint density at radius 3 is 1.98 bits per heavy atom. The third kappa shape index (κ3) is 6.14. The van der Waals surface area contributed by atoms with Crippen molar-refractivity contribution < 1.29 is 9.53 Å². The predicted molar refractivity (Wildman–Crippen MR) is 191 cm³/mol. The molecule has 9 heteroatoms. The first kappa shape index (κ1) is 34.6. The van der Waals surface area contributed by atoms with E-state index in [0.29, 0.717) is 58.0 Å². The molecule has 0 saturated carbocycles. The van der Waals surface area contributed by atoms with Crippen LogP contribution in [-0.4, -0.2) is 66.4 Å². The summed E-state index contributed by atoms with van der Waals surface area (Å²) in [5, 5.41) is 1.72. The summed E-state index contributed by atoms with van der Waals surface area (Å²) in [5.74, 6) is 1.07. The van der Waals surface area contributed by atoms with Crippen molar-refractivity contribution in [2.45, 2.75) is 76.9 Å². The summed E-state index contributed by atoms with van der Waals surface area (Å²) in [7, 11) is 4.20. The van der Waals surface area contributed by atoms with Gasteiger partial charge in [0.2, 0.25) is 0 Å². The Balaban J connectivity index is 1.79. The van der Waals surface area contributed by atoms with Crippen LogP contribution in [-0.2, 0) is 16.5 Å². The molecule has 6 nitrogen and oxygen atoms in total. The van der Waals surface area contributed by atoms with Crippen LogP contribution in [0.5, 0.6) is 5.75 Å². The van der Waals surface area contributed by atoms with Crippen LogP contribution < -0.4 is 4.74 Å². The van der Waals surface area contributed by atoms with Gasteiger partial charge in [-0.05, 0) is 106 Å². The zero-order valence-electron chi connectivity index (χ0n) is 28.1. The molecule has 0 unspecified atom stereocenters. The normalized spacial score (nSPS) is 22.4. The van der Waals surface area contributed by atoms with E-state index < -0.39 is 11.1 Å². The summed E-state index contributed by atoms with van der Waals surface area (Å²) in [6.07, 6.45) is 1.77. The van der Waals surface area contributed by atoms with Gasteiger partial charge in [-0.25, -0.2) is 4.79 Å². The van der Waals surface area contributed by atoms with Gasteiger partial charge in [0.1, 0.15) is 22.7 Å². The summed E-state index contributed by atoms with van der Waals surface area (Å²) < 4.78 is 6.30. The van der Waals surface area contributed by atoms with Gasteiger partial charge in [0.05, 0.1) is 17.2 Å². The fraction of sp³-hybridized carbons (Fsp3) is 0.459. The Kier molecular flexibility index (Phi) is 9.79. The van der Waals surface area contributed by atoms with Crippen LogP contribution in [0.25, 0.3) is 0 Å². The molecule has 0 aromatic heterocycles. The summed E-state index contributed by atoms with van der Waals surface area (Å²) in [6, 6.07) is 19.7. The molecule has 246 valence electrons. The zero-order chi connectivity index (χ0) is 33.6. The van der Waals surface area contributed by atoms with Crippen LogP contribution in [0, 0.1) is 0 Å². The summed E-state index contributed by atoms with van der Waals surface area (Å²) in [6.45, 7) is 14.2. The minimum atomic E-state index is -0.994. The molecular formula is C37H45Cl3N4O2. The maximum Gasteiger partial charge on any atom is 0.326 e. The molecule has 0 aliphatic carbocycles. The second kappa shape index (κ2) is 13.0. The number of halogens is 3. The maximum absolute atomic E-state index is 15.1. The second-order valence-electron chi connectivity index (χ2n) is 13.9. The average molecular weight is 684 g/mol. The van der Waals surface area contributed by atoms with Gasteiger partial charge in [-0.1, -0.05) is 79.8 Å². The Hall–Kier alpha value is -2.77. The van der Waals surface area contributed by atoms with Crippen LogP contribution in [0.2, 0.25) is 15.1 Å². The molecule has 2 atom stereocenters. The van der Waals surface area contributed by atoms with E-state index >= 15 is 4.79 Å². The molecule has 1 saturated heterocycles. The molecule has 2 heterocycles. The number of rotatable bonds is 6. The van der Waals surface area contributed by atoms with Gasteiger partial charge in [0.15, 0.2) is 0 Å². The van der Waals surface area contributed by atoms with Crippen molar-refractivity contribution in [1.29, 1.82) is 0 Å². The van der Waals surface area contributed by atoms with E-state index in [0.717, 1.165) is 29.5 Å². The number of hydrogen-bond acceptors (Lipinski definition) is 4. The number of piperidine rings is 1. The monoisotopic (exact) mass is 682 g/mol. The van der Waals surface area contributed by atoms with E-state index in [4.69, 9.17) is 44.5 Å². The highest BCUT2D eigenvalue weighted by Gasteiger charge is 2.60. The highest BCUT2D eigenvalue weighted by Crippen LogP contribution is 2.54. The number of hydrogen-bond donors (Lipinski definition) is 0. The van der Waals surface area contributed by atoms with E-state index in [9.17, 15) is 0 Å². The highest BCUT2D eigenvalue weighted by atomic mass is 35.5. The molecule has 2 aliphatic heterocycles. The summed E-state index contributed by atoms with van der Waals surface area (Å²) in [4.78, 5) is 26.7.